The zero-order valence-corrected chi connectivity index (χ0v) is 13.6. The van der Waals surface area contributed by atoms with Crippen LogP contribution < -0.4 is 10.6 Å². The first-order valence-corrected chi connectivity index (χ1v) is 9.21. The first-order valence-electron chi connectivity index (χ1n) is 7.32. The average molecular weight is 316 g/mol. The summed E-state index contributed by atoms with van der Waals surface area (Å²) < 4.78 is 25.7. The Kier molecular flexibility index (Phi) is 4.48. The van der Waals surface area contributed by atoms with Crippen molar-refractivity contribution in [2.45, 2.75) is 50.2 Å². The molecule has 0 amide bonds. The monoisotopic (exact) mass is 316 g/mol. The van der Waals surface area contributed by atoms with Crippen LogP contribution in [0.15, 0.2) is 4.90 Å². The van der Waals surface area contributed by atoms with Gasteiger partial charge in [-0.05, 0) is 33.1 Å². The number of anilines is 2. The second-order valence-corrected chi connectivity index (χ2v) is 7.45. The van der Waals surface area contributed by atoms with Gasteiger partial charge >= 0.3 is 0 Å². The van der Waals surface area contributed by atoms with E-state index in [1.165, 1.54) is 4.68 Å². The number of nitrogens with two attached hydrogens (primary N) is 1. The highest BCUT2D eigenvalue weighted by Gasteiger charge is 2.34. The van der Waals surface area contributed by atoms with Gasteiger partial charge in [-0.1, -0.05) is 0 Å². The van der Waals surface area contributed by atoms with Gasteiger partial charge in [0.15, 0.2) is 20.6 Å². The Balaban J connectivity index is 2.59. The summed E-state index contributed by atoms with van der Waals surface area (Å²) in [5, 5.41) is 14.5. The second-order valence-electron chi connectivity index (χ2n) is 5.49. The quantitative estimate of drug-likeness (QED) is 0.833. The standard InChI is InChI=1S/C13H24N4O3S/c1-4-16(5-2)13-11(21(3,19)20)12(14)17(15-13)9-7-6-8-10(9)18/h9-10,18H,4-8,14H2,1-3H3. The Morgan fingerprint density at radius 2 is 2.00 bits per heavy atom. The maximum Gasteiger partial charge on any atom is 0.182 e. The topological polar surface area (TPSA) is 101 Å². The Morgan fingerprint density at radius 3 is 2.43 bits per heavy atom. The zero-order chi connectivity index (χ0) is 15.8. The number of aliphatic hydroxyl groups is 1. The number of nitrogens with zero attached hydrogens (tertiary/aromatic N) is 3. The fraction of sp³-hybridized carbons (Fsp3) is 0.769. The van der Waals surface area contributed by atoms with E-state index in [9.17, 15) is 13.5 Å². The molecule has 1 aromatic heterocycles. The number of sulfone groups is 1. The maximum absolute atomic E-state index is 12.1. The van der Waals surface area contributed by atoms with Gasteiger partial charge in [0.1, 0.15) is 5.82 Å². The molecule has 1 saturated carbocycles. The Hall–Kier alpha value is -1.28. The van der Waals surface area contributed by atoms with Crippen LogP contribution in [0.2, 0.25) is 0 Å². The van der Waals surface area contributed by atoms with Crippen molar-refractivity contribution in [3.05, 3.63) is 0 Å². The van der Waals surface area contributed by atoms with E-state index in [0.29, 0.717) is 25.3 Å². The molecule has 0 saturated heterocycles. The molecular formula is C13H24N4O3S. The van der Waals surface area contributed by atoms with Gasteiger partial charge < -0.3 is 15.7 Å². The van der Waals surface area contributed by atoms with Crippen LogP contribution in [0.3, 0.4) is 0 Å². The summed E-state index contributed by atoms with van der Waals surface area (Å²) >= 11 is 0. The highest BCUT2D eigenvalue weighted by Crippen LogP contribution is 2.37. The summed E-state index contributed by atoms with van der Waals surface area (Å²) in [6.07, 6.45) is 2.96. The van der Waals surface area contributed by atoms with Crippen molar-refractivity contribution in [2.24, 2.45) is 0 Å². The fourth-order valence-corrected chi connectivity index (χ4v) is 3.94. The van der Waals surface area contributed by atoms with Crippen LogP contribution in [-0.4, -0.2) is 48.8 Å². The molecule has 0 radical (unpaired) electrons. The molecule has 120 valence electrons. The third-order valence-corrected chi connectivity index (χ3v) is 5.21. The molecule has 1 heterocycles. The van der Waals surface area contributed by atoms with Gasteiger partial charge in [-0.2, -0.15) is 5.10 Å². The molecule has 1 aliphatic rings. The third kappa shape index (κ3) is 2.87. The average Bonchev–Trinajstić information content (AvgIpc) is 2.94. The summed E-state index contributed by atoms with van der Waals surface area (Å²) in [4.78, 5) is 1.94. The Labute approximate surface area is 125 Å². The van der Waals surface area contributed by atoms with Crippen LogP contribution >= 0.6 is 0 Å². The first kappa shape index (κ1) is 16.1. The lowest BCUT2D eigenvalue weighted by Gasteiger charge is -2.19. The minimum atomic E-state index is -3.49. The fourth-order valence-electron chi connectivity index (χ4n) is 2.96. The molecule has 1 aliphatic carbocycles. The zero-order valence-electron chi connectivity index (χ0n) is 12.8. The van der Waals surface area contributed by atoms with Crippen LogP contribution in [0.5, 0.6) is 0 Å². The number of rotatable bonds is 5. The van der Waals surface area contributed by atoms with Crippen molar-refractivity contribution in [1.82, 2.24) is 9.78 Å². The van der Waals surface area contributed by atoms with E-state index in [1.54, 1.807) is 0 Å². The van der Waals surface area contributed by atoms with Crippen LogP contribution in [0, 0.1) is 0 Å². The van der Waals surface area contributed by atoms with Gasteiger partial charge in [-0.25, -0.2) is 13.1 Å². The van der Waals surface area contributed by atoms with Gasteiger partial charge in [0.2, 0.25) is 0 Å². The maximum atomic E-state index is 12.1. The van der Waals surface area contributed by atoms with Crippen molar-refractivity contribution in [2.75, 3.05) is 30.0 Å². The highest BCUT2D eigenvalue weighted by molar-refractivity contribution is 7.91. The van der Waals surface area contributed by atoms with E-state index >= 15 is 0 Å². The van der Waals surface area contributed by atoms with Gasteiger partial charge in [0, 0.05) is 19.3 Å². The van der Waals surface area contributed by atoms with Gasteiger partial charge in [-0.3, -0.25) is 0 Å². The van der Waals surface area contributed by atoms with Gasteiger partial charge in [0.25, 0.3) is 0 Å². The largest absolute Gasteiger partial charge is 0.391 e. The van der Waals surface area contributed by atoms with Crippen molar-refractivity contribution >= 4 is 21.5 Å². The molecular weight excluding hydrogens is 292 g/mol. The van der Waals surface area contributed by atoms with Gasteiger partial charge in [0.05, 0.1) is 12.1 Å². The molecule has 2 unspecified atom stereocenters. The summed E-state index contributed by atoms with van der Waals surface area (Å²) in [6, 6.07) is -0.241. The molecule has 0 bridgehead atoms. The second kappa shape index (κ2) is 5.84. The Bertz CT molecular complexity index is 607. The Morgan fingerprint density at radius 1 is 1.38 bits per heavy atom. The van der Waals surface area contributed by atoms with E-state index in [-0.39, 0.29) is 16.8 Å². The molecule has 1 aromatic rings. The number of nitrogen functional groups attached to an aromatic ring is 1. The first-order chi connectivity index (χ1) is 9.81. The van der Waals surface area contributed by atoms with Crippen LogP contribution in [0.1, 0.15) is 39.2 Å². The molecule has 0 aliphatic heterocycles. The SMILES string of the molecule is CCN(CC)c1nn(C2CCCC2O)c(N)c1S(C)(=O)=O. The van der Waals surface area contributed by atoms with Crippen LogP contribution in [0.4, 0.5) is 11.6 Å². The van der Waals surface area contributed by atoms with E-state index in [2.05, 4.69) is 5.10 Å². The molecule has 3 N–H and O–H groups in total. The number of aromatic nitrogens is 2. The van der Waals surface area contributed by atoms with Gasteiger partial charge in [-0.15, -0.1) is 0 Å². The molecule has 21 heavy (non-hydrogen) atoms. The third-order valence-electron chi connectivity index (χ3n) is 4.08. The van der Waals surface area contributed by atoms with Crippen molar-refractivity contribution in [3.63, 3.8) is 0 Å². The van der Waals surface area contributed by atoms with Crippen molar-refractivity contribution < 1.29 is 13.5 Å². The summed E-state index contributed by atoms with van der Waals surface area (Å²) in [5.41, 5.74) is 6.06. The van der Waals surface area contributed by atoms with Crippen LogP contribution in [0.25, 0.3) is 0 Å². The normalized spacial score (nSPS) is 22.7. The minimum Gasteiger partial charge on any atom is -0.391 e. The number of hydrogen-bond donors (Lipinski definition) is 2. The van der Waals surface area contributed by atoms with E-state index in [1.807, 2.05) is 18.7 Å². The molecule has 0 spiro atoms. The van der Waals surface area contributed by atoms with Crippen LogP contribution in [-0.2, 0) is 9.84 Å². The molecule has 0 aromatic carbocycles. The lowest BCUT2D eigenvalue weighted by molar-refractivity contribution is 0.131. The summed E-state index contributed by atoms with van der Waals surface area (Å²) in [7, 11) is -3.49. The lowest BCUT2D eigenvalue weighted by atomic mass is 10.2. The number of aliphatic hydroxyl groups excluding tert-OH is 1. The van der Waals surface area contributed by atoms with Crippen molar-refractivity contribution in [3.8, 4) is 0 Å². The molecule has 2 rings (SSSR count). The van der Waals surface area contributed by atoms with E-state index < -0.39 is 15.9 Å². The minimum absolute atomic E-state index is 0.0744. The molecule has 7 nitrogen and oxygen atoms in total. The molecule has 1 fully saturated rings. The summed E-state index contributed by atoms with van der Waals surface area (Å²) in [5.74, 6) is 0.518. The molecule has 8 heteroatoms. The smallest absolute Gasteiger partial charge is 0.182 e. The number of hydrogen-bond acceptors (Lipinski definition) is 6. The van der Waals surface area contributed by atoms with E-state index in [4.69, 9.17) is 5.73 Å². The highest BCUT2D eigenvalue weighted by atomic mass is 32.2. The predicted molar refractivity (Wildman–Crippen MR) is 82.2 cm³/mol. The van der Waals surface area contributed by atoms with E-state index in [0.717, 1.165) is 19.1 Å². The molecule has 2 atom stereocenters. The predicted octanol–water partition coefficient (Wildman–Crippen LogP) is 0.801. The van der Waals surface area contributed by atoms with Crippen molar-refractivity contribution in [1.29, 1.82) is 0 Å². The summed E-state index contributed by atoms with van der Waals surface area (Å²) in [6.45, 7) is 5.16. The lowest BCUT2D eigenvalue weighted by Crippen LogP contribution is -2.25.